The molecule has 0 aliphatic heterocycles. The first-order chi connectivity index (χ1) is 9.19. The van der Waals surface area contributed by atoms with Crippen LogP contribution in [-0.2, 0) is 13.1 Å². The molecular weight excluding hydrogens is 256 g/mol. The fourth-order valence-corrected chi connectivity index (χ4v) is 2.62. The van der Waals surface area contributed by atoms with Gasteiger partial charge in [0, 0.05) is 24.4 Å². The molecule has 0 radical (unpaired) electrons. The number of rotatable bonds is 6. The highest BCUT2D eigenvalue weighted by molar-refractivity contribution is 7.09. The molecule has 102 valence electrons. The highest BCUT2D eigenvalue weighted by Crippen LogP contribution is 2.19. The molecule has 4 heteroatoms. The van der Waals surface area contributed by atoms with Gasteiger partial charge >= 0.3 is 0 Å². The summed E-state index contributed by atoms with van der Waals surface area (Å²) < 4.78 is 5.21. The second kappa shape index (κ2) is 6.68. The molecule has 0 aliphatic rings. The van der Waals surface area contributed by atoms with Crippen molar-refractivity contribution in [2.75, 3.05) is 7.11 Å². The van der Waals surface area contributed by atoms with E-state index in [-0.39, 0.29) is 0 Å². The second-order valence-corrected chi connectivity index (χ2v) is 5.68. The van der Waals surface area contributed by atoms with Gasteiger partial charge in [-0.25, -0.2) is 4.98 Å². The number of nitrogens with zero attached hydrogens (tertiary/aromatic N) is 1. The summed E-state index contributed by atoms with van der Waals surface area (Å²) in [7, 11) is 1.69. The lowest BCUT2D eigenvalue weighted by molar-refractivity contribution is 0.414. The lowest BCUT2D eigenvalue weighted by Crippen LogP contribution is -2.13. The van der Waals surface area contributed by atoms with Gasteiger partial charge in [0.15, 0.2) is 0 Å². The summed E-state index contributed by atoms with van der Waals surface area (Å²) in [6.07, 6.45) is 0. The van der Waals surface area contributed by atoms with Gasteiger partial charge in [-0.3, -0.25) is 0 Å². The van der Waals surface area contributed by atoms with Gasteiger partial charge < -0.3 is 10.1 Å². The molecule has 2 rings (SSSR count). The van der Waals surface area contributed by atoms with Gasteiger partial charge in [-0.1, -0.05) is 26.0 Å². The average molecular weight is 276 g/mol. The molecule has 0 aliphatic carbocycles. The first kappa shape index (κ1) is 14.0. The number of hydrogen-bond donors (Lipinski definition) is 1. The van der Waals surface area contributed by atoms with Crippen LogP contribution in [0.15, 0.2) is 29.6 Å². The summed E-state index contributed by atoms with van der Waals surface area (Å²) in [5, 5.41) is 6.75. The topological polar surface area (TPSA) is 34.1 Å². The molecule has 0 fully saturated rings. The van der Waals surface area contributed by atoms with Gasteiger partial charge in [0.25, 0.3) is 0 Å². The quantitative estimate of drug-likeness (QED) is 0.876. The van der Waals surface area contributed by atoms with Crippen molar-refractivity contribution in [2.24, 2.45) is 0 Å². The van der Waals surface area contributed by atoms with Gasteiger partial charge in [0.05, 0.1) is 17.8 Å². The van der Waals surface area contributed by atoms with Gasteiger partial charge in [0.1, 0.15) is 5.75 Å². The fraction of sp³-hybridized carbons (Fsp3) is 0.400. The zero-order valence-electron chi connectivity index (χ0n) is 11.6. The number of ether oxygens (including phenoxy) is 1. The number of aromatic nitrogens is 1. The predicted molar refractivity (Wildman–Crippen MR) is 79.7 cm³/mol. The Balaban J connectivity index is 1.85. The molecule has 1 heterocycles. The monoisotopic (exact) mass is 276 g/mol. The van der Waals surface area contributed by atoms with E-state index in [2.05, 4.69) is 35.6 Å². The molecule has 0 atom stereocenters. The molecule has 0 spiro atoms. The molecular formula is C15H20N2OS. The van der Waals surface area contributed by atoms with Gasteiger partial charge in [-0.15, -0.1) is 11.3 Å². The van der Waals surface area contributed by atoms with Crippen LogP contribution in [0.4, 0.5) is 0 Å². The molecule has 1 aromatic carbocycles. The molecule has 3 nitrogen and oxygen atoms in total. The first-order valence-electron chi connectivity index (χ1n) is 6.47. The Bertz CT molecular complexity index is 522. The summed E-state index contributed by atoms with van der Waals surface area (Å²) in [6.45, 7) is 5.98. The lowest BCUT2D eigenvalue weighted by Gasteiger charge is -2.05. The fourth-order valence-electron chi connectivity index (χ4n) is 1.79. The van der Waals surface area contributed by atoms with E-state index >= 15 is 0 Å². The van der Waals surface area contributed by atoms with E-state index in [1.54, 1.807) is 18.4 Å². The van der Waals surface area contributed by atoms with E-state index in [0.29, 0.717) is 5.92 Å². The van der Waals surface area contributed by atoms with Gasteiger partial charge in [0.2, 0.25) is 0 Å². The predicted octanol–water partition coefficient (Wildman–Crippen LogP) is 3.56. The van der Waals surface area contributed by atoms with Crippen molar-refractivity contribution in [3.63, 3.8) is 0 Å². The Hall–Kier alpha value is -1.39. The second-order valence-electron chi connectivity index (χ2n) is 4.79. The summed E-state index contributed by atoms with van der Waals surface area (Å²) in [5.74, 6) is 1.41. The number of thiazole rings is 1. The first-order valence-corrected chi connectivity index (χ1v) is 7.35. The minimum absolute atomic E-state index is 0.511. The zero-order chi connectivity index (χ0) is 13.7. The third-order valence-electron chi connectivity index (χ3n) is 2.83. The molecule has 0 bridgehead atoms. The van der Waals surface area contributed by atoms with Crippen molar-refractivity contribution >= 4 is 11.3 Å². The summed E-state index contributed by atoms with van der Waals surface area (Å²) in [6, 6.07) is 8.11. The maximum absolute atomic E-state index is 5.21. The molecule has 1 aromatic heterocycles. The lowest BCUT2D eigenvalue weighted by atomic mass is 10.2. The third kappa shape index (κ3) is 4.04. The third-order valence-corrected chi connectivity index (χ3v) is 4.03. The number of methoxy groups -OCH3 is 1. The molecule has 0 saturated heterocycles. The van der Waals surface area contributed by atoms with Crippen LogP contribution in [-0.4, -0.2) is 12.1 Å². The molecule has 2 aromatic rings. The van der Waals surface area contributed by atoms with Crippen LogP contribution in [0.5, 0.6) is 5.75 Å². The van der Waals surface area contributed by atoms with E-state index in [9.17, 15) is 0 Å². The van der Waals surface area contributed by atoms with Crippen molar-refractivity contribution in [1.29, 1.82) is 0 Å². The normalized spacial score (nSPS) is 10.9. The Morgan fingerprint density at radius 1 is 1.32 bits per heavy atom. The largest absolute Gasteiger partial charge is 0.497 e. The van der Waals surface area contributed by atoms with E-state index < -0.39 is 0 Å². The van der Waals surface area contributed by atoms with Crippen LogP contribution < -0.4 is 10.1 Å². The smallest absolute Gasteiger partial charge is 0.119 e. The maximum atomic E-state index is 5.21. The Morgan fingerprint density at radius 3 is 2.84 bits per heavy atom. The van der Waals surface area contributed by atoms with Gasteiger partial charge in [-0.2, -0.15) is 0 Å². The Morgan fingerprint density at radius 2 is 2.16 bits per heavy atom. The molecule has 0 saturated carbocycles. The zero-order valence-corrected chi connectivity index (χ0v) is 12.5. The van der Waals surface area contributed by atoms with Gasteiger partial charge in [-0.05, 0) is 17.7 Å². The van der Waals surface area contributed by atoms with Crippen molar-refractivity contribution in [3.8, 4) is 5.75 Å². The number of hydrogen-bond acceptors (Lipinski definition) is 4. The van der Waals surface area contributed by atoms with Crippen molar-refractivity contribution in [1.82, 2.24) is 10.3 Å². The van der Waals surface area contributed by atoms with Crippen LogP contribution in [0, 0.1) is 0 Å². The minimum atomic E-state index is 0.511. The van der Waals surface area contributed by atoms with Crippen LogP contribution in [0.3, 0.4) is 0 Å². The van der Waals surface area contributed by atoms with Crippen LogP contribution in [0.25, 0.3) is 0 Å². The van der Waals surface area contributed by atoms with Crippen LogP contribution in [0.2, 0.25) is 0 Å². The number of benzene rings is 1. The van der Waals surface area contributed by atoms with Crippen molar-refractivity contribution < 1.29 is 4.74 Å². The van der Waals surface area contributed by atoms with E-state index in [1.807, 2.05) is 18.2 Å². The maximum Gasteiger partial charge on any atom is 0.119 e. The Labute approximate surface area is 118 Å². The molecule has 1 N–H and O–H groups in total. The molecule has 0 amide bonds. The van der Waals surface area contributed by atoms with Crippen LogP contribution >= 0.6 is 11.3 Å². The summed E-state index contributed by atoms with van der Waals surface area (Å²) >= 11 is 1.74. The van der Waals surface area contributed by atoms with E-state index in [4.69, 9.17) is 4.74 Å². The van der Waals surface area contributed by atoms with Crippen LogP contribution in [0.1, 0.15) is 36.0 Å². The molecule has 19 heavy (non-hydrogen) atoms. The van der Waals surface area contributed by atoms with E-state index in [0.717, 1.165) is 24.5 Å². The highest BCUT2D eigenvalue weighted by Gasteiger charge is 2.05. The van der Waals surface area contributed by atoms with Crippen molar-refractivity contribution in [3.05, 3.63) is 45.9 Å². The average Bonchev–Trinajstić information content (AvgIpc) is 2.88. The van der Waals surface area contributed by atoms with Crippen molar-refractivity contribution in [2.45, 2.75) is 32.9 Å². The molecule has 0 unspecified atom stereocenters. The Kier molecular flexibility index (Phi) is 4.93. The number of nitrogens with one attached hydrogen (secondary N) is 1. The standard InChI is InChI=1S/C15H20N2OS/c1-11(2)15-17-13(10-19-15)9-16-8-12-5-4-6-14(7-12)18-3/h4-7,10-11,16H,8-9H2,1-3H3. The summed E-state index contributed by atoms with van der Waals surface area (Å²) in [4.78, 5) is 4.61. The highest BCUT2D eigenvalue weighted by atomic mass is 32.1. The SMILES string of the molecule is COc1cccc(CNCc2csc(C(C)C)n2)c1. The van der Waals surface area contributed by atoms with E-state index in [1.165, 1.54) is 10.6 Å². The minimum Gasteiger partial charge on any atom is -0.497 e. The summed E-state index contributed by atoms with van der Waals surface area (Å²) in [5.41, 5.74) is 2.34.